The van der Waals surface area contributed by atoms with E-state index in [9.17, 15) is 4.79 Å². The van der Waals surface area contributed by atoms with Crippen molar-refractivity contribution in [3.05, 3.63) is 43.9 Å². The smallest absolute Gasteiger partial charge is 0.253 e. The third-order valence-electron chi connectivity index (χ3n) is 1.67. The van der Waals surface area contributed by atoms with Crippen molar-refractivity contribution in [3.63, 3.8) is 0 Å². The van der Waals surface area contributed by atoms with E-state index in [0.717, 1.165) is 14.7 Å². The van der Waals surface area contributed by atoms with E-state index in [1.807, 2.05) is 26.1 Å². The Kier molecular flexibility index (Phi) is 3.30. The molecule has 70 valence electrons. The Morgan fingerprint density at radius 1 is 1.69 bits per heavy atom. The molecule has 0 saturated heterocycles. The lowest BCUT2D eigenvalue weighted by atomic mass is 10.3. The van der Waals surface area contributed by atoms with E-state index in [1.165, 1.54) is 0 Å². The number of hydrogen-bond acceptors (Lipinski definition) is 1. The molecule has 3 heteroatoms. The lowest BCUT2D eigenvalue weighted by molar-refractivity contribution is 0.739. The third-order valence-corrected chi connectivity index (χ3v) is 2.26. The Labute approximate surface area is 91.4 Å². The van der Waals surface area contributed by atoms with Crippen LogP contribution in [0.25, 0.3) is 0 Å². The topological polar surface area (TPSA) is 22.0 Å². The van der Waals surface area contributed by atoms with Gasteiger partial charge in [0, 0.05) is 21.9 Å². The van der Waals surface area contributed by atoms with Crippen molar-refractivity contribution in [1.82, 2.24) is 4.57 Å². The Hall–Kier alpha value is -0.580. The molecule has 0 radical (unpaired) electrons. The molecule has 1 aromatic heterocycles. The van der Waals surface area contributed by atoms with Crippen LogP contribution in [0.5, 0.6) is 0 Å². The minimum absolute atomic E-state index is 0.0726. The maximum atomic E-state index is 11.6. The van der Waals surface area contributed by atoms with Crippen LogP contribution in [0.4, 0.5) is 0 Å². The zero-order valence-corrected chi connectivity index (χ0v) is 9.96. The van der Waals surface area contributed by atoms with Crippen molar-refractivity contribution in [3.8, 4) is 0 Å². The maximum Gasteiger partial charge on any atom is 0.253 e. The van der Waals surface area contributed by atoms with Gasteiger partial charge < -0.3 is 4.57 Å². The van der Waals surface area contributed by atoms with Gasteiger partial charge in [-0.25, -0.2) is 0 Å². The van der Waals surface area contributed by atoms with E-state index in [2.05, 4.69) is 29.2 Å². The number of nitrogens with zero attached hydrogens (tertiary/aromatic N) is 1. The fourth-order valence-corrected chi connectivity index (χ4v) is 1.95. The SMILES string of the molecule is C=C(C)Cn1cc(I)cc(C)c1=O. The normalized spacial score (nSPS) is 10.1. The summed E-state index contributed by atoms with van der Waals surface area (Å²) < 4.78 is 2.77. The van der Waals surface area contributed by atoms with Crippen LogP contribution in [0.2, 0.25) is 0 Å². The summed E-state index contributed by atoms with van der Waals surface area (Å²) in [6.07, 6.45) is 1.85. The van der Waals surface area contributed by atoms with Crippen molar-refractivity contribution < 1.29 is 0 Å². The molecular weight excluding hydrogens is 277 g/mol. The highest BCUT2D eigenvalue weighted by atomic mass is 127. The van der Waals surface area contributed by atoms with Gasteiger partial charge in [-0.05, 0) is 42.5 Å². The zero-order chi connectivity index (χ0) is 10.0. The fourth-order valence-electron chi connectivity index (χ4n) is 1.15. The molecule has 1 heterocycles. The van der Waals surface area contributed by atoms with E-state index < -0.39 is 0 Å². The molecule has 0 aliphatic heterocycles. The number of aryl methyl sites for hydroxylation is 1. The Morgan fingerprint density at radius 2 is 2.31 bits per heavy atom. The van der Waals surface area contributed by atoms with Crippen molar-refractivity contribution in [2.24, 2.45) is 0 Å². The molecular formula is C10H12INO. The minimum Gasteiger partial charge on any atom is -0.310 e. The fraction of sp³-hybridized carbons (Fsp3) is 0.300. The van der Waals surface area contributed by atoms with Crippen molar-refractivity contribution in [1.29, 1.82) is 0 Å². The molecule has 0 bridgehead atoms. The summed E-state index contributed by atoms with van der Waals surface area (Å²) in [4.78, 5) is 11.6. The van der Waals surface area contributed by atoms with Crippen LogP contribution < -0.4 is 5.56 Å². The van der Waals surface area contributed by atoms with Crippen molar-refractivity contribution >= 4 is 22.6 Å². The van der Waals surface area contributed by atoms with Gasteiger partial charge in [0.1, 0.15) is 0 Å². The third kappa shape index (κ3) is 2.69. The average molecular weight is 289 g/mol. The highest BCUT2D eigenvalue weighted by Gasteiger charge is 2.00. The van der Waals surface area contributed by atoms with Gasteiger partial charge >= 0.3 is 0 Å². The predicted octanol–water partition coefficient (Wildman–Crippen LogP) is 2.34. The van der Waals surface area contributed by atoms with Gasteiger partial charge in [-0.15, -0.1) is 0 Å². The monoisotopic (exact) mass is 289 g/mol. The van der Waals surface area contributed by atoms with Gasteiger partial charge in [0.2, 0.25) is 0 Å². The summed E-state index contributed by atoms with van der Waals surface area (Å²) in [5.41, 5.74) is 1.85. The van der Waals surface area contributed by atoms with E-state index in [4.69, 9.17) is 0 Å². The molecule has 1 rings (SSSR count). The van der Waals surface area contributed by atoms with Gasteiger partial charge in [0.15, 0.2) is 0 Å². The molecule has 0 atom stereocenters. The quantitative estimate of drug-likeness (QED) is 0.605. The molecule has 0 amide bonds. The lowest BCUT2D eigenvalue weighted by Gasteiger charge is -2.06. The standard InChI is InChI=1S/C10H12INO/c1-7(2)5-12-6-9(11)4-8(3)10(12)13/h4,6H,1,5H2,2-3H3. The molecule has 0 saturated carbocycles. The first-order chi connectivity index (χ1) is 6.00. The van der Waals surface area contributed by atoms with E-state index in [1.54, 1.807) is 4.57 Å². The molecule has 0 fully saturated rings. The Morgan fingerprint density at radius 3 is 2.85 bits per heavy atom. The molecule has 0 N–H and O–H groups in total. The van der Waals surface area contributed by atoms with E-state index in [0.29, 0.717) is 6.54 Å². The molecule has 2 nitrogen and oxygen atoms in total. The lowest BCUT2D eigenvalue weighted by Crippen LogP contribution is -2.22. The number of allylic oxidation sites excluding steroid dienone is 1. The molecule has 0 aromatic carbocycles. The van der Waals surface area contributed by atoms with Crippen LogP contribution in [-0.4, -0.2) is 4.57 Å². The predicted molar refractivity (Wildman–Crippen MR) is 63.0 cm³/mol. The number of hydrogen-bond donors (Lipinski definition) is 0. The number of aromatic nitrogens is 1. The number of rotatable bonds is 2. The second-order valence-electron chi connectivity index (χ2n) is 3.23. The summed E-state index contributed by atoms with van der Waals surface area (Å²) >= 11 is 2.21. The average Bonchev–Trinajstić information content (AvgIpc) is 1.98. The molecule has 0 aliphatic rings. The summed E-state index contributed by atoms with van der Waals surface area (Å²) in [7, 11) is 0. The summed E-state index contributed by atoms with van der Waals surface area (Å²) in [6.45, 7) is 8.15. The van der Waals surface area contributed by atoms with Crippen LogP contribution in [0.15, 0.2) is 29.2 Å². The molecule has 13 heavy (non-hydrogen) atoms. The van der Waals surface area contributed by atoms with E-state index in [-0.39, 0.29) is 5.56 Å². The first-order valence-electron chi connectivity index (χ1n) is 4.01. The van der Waals surface area contributed by atoms with Crippen molar-refractivity contribution in [2.45, 2.75) is 20.4 Å². The molecule has 1 aromatic rings. The van der Waals surface area contributed by atoms with Crippen LogP contribution >= 0.6 is 22.6 Å². The minimum atomic E-state index is 0.0726. The summed E-state index contributed by atoms with van der Waals surface area (Å²) in [5.74, 6) is 0. The highest BCUT2D eigenvalue weighted by Crippen LogP contribution is 2.04. The summed E-state index contributed by atoms with van der Waals surface area (Å²) in [6, 6.07) is 1.89. The largest absolute Gasteiger partial charge is 0.310 e. The first kappa shape index (κ1) is 10.5. The molecule has 0 spiro atoms. The van der Waals surface area contributed by atoms with Gasteiger partial charge in [0.25, 0.3) is 5.56 Å². The summed E-state index contributed by atoms with van der Waals surface area (Å²) in [5, 5.41) is 0. The Bertz CT molecular complexity index is 392. The molecule has 0 unspecified atom stereocenters. The maximum absolute atomic E-state index is 11.6. The number of pyridine rings is 1. The van der Waals surface area contributed by atoms with Crippen LogP contribution in [0.1, 0.15) is 12.5 Å². The van der Waals surface area contributed by atoms with Crippen molar-refractivity contribution in [2.75, 3.05) is 0 Å². The highest BCUT2D eigenvalue weighted by molar-refractivity contribution is 14.1. The van der Waals surface area contributed by atoms with Gasteiger partial charge in [-0.3, -0.25) is 4.79 Å². The second kappa shape index (κ2) is 4.09. The van der Waals surface area contributed by atoms with Crippen LogP contribution in [0, 0.1) is 10.5 Å². The first-order valence-corrected chi connectivity index (χ1v) is 5.09. The van der Waals surface area contributed by atoms with Gasteiger partial charge in [-0.2, -0.15) is 0 Å². The van der Waals surface area contributed by atoms with Gasteiger partial charge in [-0.1, -0.05) is 12.2 Å². The van der Waals surface area contributed by atoms with Crippen LogP contribution in [-0.2, 0) is 6.54 Å². The van der Waals surface area contributed by atoms with E-state index >= 15 is 0 Å². The number of halogens is 1. The molecule has 0 aliphatic carbocycles. The van der Waals surface area contributed by atoms with Crippen LogP contribution in [0.3, 0.4) is 0 Å². The zero-order valence-electron chi connectivity index (χ0n) is 7.80. The van der Waals surface area contributed by atoms with Gasteiger partial charge in [0.05, 0.1) is 0 Å². The second-order valence-corrected chi connectivity index (χ2v) is 4.48. The Balaban J connectivity index is 3.21.